The van der Waals surface area contributed by atoms with Gasteiger partial charge >= 0.3 is 0 Å². The molecule has 8 heteroatoms. The predicted molar refractivity (Wildman–Crippen MR) is 126 cm³/mol. The van der Waals surface area contributed by atoms with Crippen LogP contribution in [-0.2, 0) is 23.9 Å². The Hall–Kier alpha value is -1.96. The fourth-order valence-corrected chi connectivity index (χ4v) is 3.30. The van der Waals surface area contributed by atoms with Crippen molar-refractivity contribution >= 4 is 23.5 Å². The molecule has 8 nitrogen and oxygen atoms in total. The van der Waals surface area contributed by atoms with E-state index in [9.17, 15) is 19.2 Å². The molecule has 0 saturated carbocycles. The molecule has 0 spiro atoms. The van der Waals surface area contributed by atoms with Crippen LogP contribution in [0.15, 0.2) is 0 Å². The zero-order valence-corrected chi connectivity index (χ0v) is 21.5. The normalized spacial score (nSPS) is 13.4. The molecule has 0 radical (unpaired) electrons. The number of ketones is 1. The van der Waals surface area contributed by atoms with Crippen molar-refractivity contribution in [2.45, 2.75) is 80.3 Å². The van der Waals surface area contributed by atoms with Crippen molar-refractivity contribution in [2.24, 2.45) is 23.7 Å². The Morgan fingerprint density at radius 2 is 1.41 bits per heavy atom. The second kappa shape index (κ2) is 15.0. The van der Waals surface area contributed by atoms with Gasteiger partial charge in [0.05, 0.1) is 12.6 Å². The Morgan fingerprint density at radius 1 is 0.812 bits per heavy atom. The quantitative estimate of drug-likeness (QED) is 0.369. The summed E-state index contributed by atoms with van der Waals surface area (Å²) in [4.78, 5) is 51.1. The smallest absolute Gasteiger partial charge is 0.243 e. The summed E-state index contributed by atoms with van der Waals surface area (Å²) in [5, 5.41) is 5.65. The first kappa shape index (κ1) is 30.0. The maximum Gasteiger partial charge on any atom is 0.243 e. The highest BCUT2D eigenvalue weighted by atomic mass is 16.5. The molecule has 0 rings (SSSR count). The number of carbonyl (C=O) groups is 4. The third-order valence-corrected chi connectivity index (χ3v) is 5.30. The Bertz CT molecular complexity index is 617. The lowest BCUT2D eigenvalue weighted by atomic mass is 9.92. The molecule has 3 amide bonds. The molecule has 0 aliphatic rings. The van der Waals surface area contributed by atoms with Gasteiger partial charge in [0.2, 0.25) is 17.7 Å². The van der Waals surface area contributed by atoms with Crippen LogP contribution in [0.4, 0.5) is 0 Å². The predicted octanol–water partition coefficient (Wildman–Crippen LogP) is 2.40. The molecule has 0 aromatic carbocycles. The molecule has 0 aliphatic carbocycles. The van der Waals surface area contributed by atoms with Crippen molar-refractivity contribution in [2.75, 3.05) is 26.8 Å². The first-order valence-electron chi connectivity index (χ1n) is 11.8. The highest BCUT2D eigenvalue weighted by Gasteiger charge is 2.33. The molecule has 0 bridgehead atoms. The number of nitrogens with one attached hydrogen (secondary N) is 2. The molecule has 2 atom stereocenters. The largest absolute Gasteiger partial charge is 0.380 e. The molecular formula is C24H45N3O5. The summed E-state index contributed by atoms with van der Waals surface area (Å²) in [6, 6.07) is -1.23. The van der Waals surface area contributed by atoms with E-state index in [0.717, 1.165) is 0 Å². The van der Waals surface area contributed by atoms with Crippen molar-refractivity contribution in [3.05, 3.63) is 0 Å². The minimum absolute atomic E-state index is 0.00781. The number of nitrogens with zero attached hydrogens (tertiary/aromatic N) is 1. The molecule has 0 unspecified atom stereocenters. The van der Waals surface area contributed by atoms with Gasteiger partial charge < -0.3 is 20.3 Å². The molecule has 0 fully saturated rings. The van der Waals surface area contributed by atoms with E-state index in [1.165, 1.54) is 4.90 Å². The molecule has 2 N–H and O–H groups in total. The summed E-state index contributed by atoms with van der Waals surface area (Å²) in [5.74, 6) is -0.860. The molecular weight excluding hydrogens is 410 g/mol. The van der Waals surface area contributed by atoms with Gasteiger partial charge in [-0.1, -0.05) is 55.4 Å². The monoisotopic (exact) mass is 455 g/mol. The Labute approximate surface area is 194 Å². The maximum absolute atomic E-state index is 13.0. The minimum atomic E-state index is -0.657. The van der Waals surface area contributed by atoms with Gasteiger partial charge in [-0.3, -0.25) is 19.2 Å². The standard InChI is InChI=1S/C24H45N3O5/c1-15(2)20(22(29)17(5)6)26-24(31)21(16(3)4)27(9)19(28)11-10-13-32-14-12-25-23(30)18(7)8/h15-18,20-21H,10-14H2,1-9H3,(H,25,30)(H,26,31)/t20-,21-/m0/s1. The van der Waals surface area contributed by atoms with Crippen molar-refractivity contribution in [3.63, 3.8) is 0 Å². The van der Waals surface area contributed by atoms with Crippen molar-refractivity contribution in [1.29, 1.82) is 0 Å². The number of amides is 3. The minimum Gasteiger partial charge on any atom is -0.380 e. The van der Waals surface area contributed by atoms with Gasteiger partial charge in [-0.05, 0) is 18.3 Å². The Morgan fingerprint density at radius 3 is 1.88 bits per heavy atom. The molecule has 0 heterocycles. The van der Waals surface area contributed by atoms with E-state index in [0.29, 0.717) is 26.2 Å². The van der Waals surface area contributed by atoms with Crippen molar-refractivity contribution in [3.8, 4) is 0 Å². The first-order chi connectivity index (χ1) is 14.8. The first-order valence-corrected chi connectivity index (χ1v) is 11.8. The van der Waals surface area contributed by atoms with Crippen LogP contribution in [0.5, 0.6) is 0 Å². The summed E-state index contributed by atoms with van der Waals surface area (Å²) in [5.41, 5.74) is 0. The fraction of sp³-hybridized carbons (Fsp3) is 0.833. The molecule has 186 valence electrons. The molecule has 0 aromatic heterocycles. The Kier molecular flexibility index (Phi) is 14.1. The van der Waals surface area contributed by atoms with Gasteiger partial charge in [0.1, 0.15) is 6.04 Å². The average molecular weight is 456 g/mol. The molecule has 32 heavy (non-hydrogen) atoms. The summed E-state index contributed by atoms with van der Waals surface area (Å²) in [6.45, 7) is 16.1. The van der Waals surface area contributed by atoms with Gasteiger partial charge in [0, 0.05) is 38.5 Å². The summed E-state index contributed by atoms with van der Waals surface area (Å²) >= 11 is 0. The third-order valence-electron chi connectivity index (χ3n) is 5.30. The van der Waals surface area contributed by atoms with Gasteiger partial charge in [0.25, 0.3) is 0 Å². The van der Waals surface area contributed by atoms with Crippen LogP contribution in [0, 0.1) is 23.7 Å². The number of hydrogen-bond donors (Lipinski definition) is 2. The van der Waals surface area contributed by atoms with Gasteiger partial charge in [-0.25, -0.2) is 0 Å². The molecule has 0 aliphatic heterocycles. The fourth-order valence-electron chi connectivity index (χ4n) is 3.30. The lowest BCUT2D eigenvalue weighted by Gasteiger charge is -2.33. The van der Waals surface area contributed by atoms with Crippen LogP contribution >= 0.6 is 0 Å². The number of carbonyl (C=O) groups excluding carboxylic acids is 4. The third kappa shape index (κ3) is 10.6. The highest BCUT2D eigenvalue weighted by molar-refractivity contribution is 5.93. The van der Waals surface area contributed by atoms with E-state index in [1.54, 1.807) is 7.05 Å². The molecule has 0 aromatic rings. The van der Waals surface area contributed by atoms with Gasteiger partial charge in [-0.2, -0.15) is 0 Å². The van der Waals surface area contributed by atoms with E-state index in [1.807, 2.05) is 55.4 Å². The van der Waals surface area contributed by atoms with Crippen LogP contribution < -0.4 is 10.6 Å². The number of rotatable bonds is 15. The molecule has 0 saturated heterocycles. The summed E-state index contributed by atoms with van der Waals surface area (Å²) in [7, 11) is 1.63. The van der Waals surface area contributed by atoms with Crippen LogP contribution in [-0.4, -0.2) is 67.3 Å². The zero-order valence-electron chi connectivity index (χ0n) is 21.5. The van der Waals surface area contributed by atoms with E-state index in [2.05, 4.69) is 10.6 Å². The topological polar surface area (TPSA) is 105 Å². The number of hydrogen-bond acceptors (Lipinski definition) is 5. The van der Waals surface area contributed by atoms with Crippen molar-refractivity contribution in [1.82, 2.24) is 15.5 Å². The number of Topliss-reactive ketones (excluding diaryl/α,β-unsaturated/α-hetero) is 1. The van der Waals surface area contributed by atoms with Gasteiger partial charge in [0.15, 0.2) is 5.78 Å². The zero-order chi connectivity index (χ0) is 25.0. The van der Waals surface area contributed by atoms with Crippen LogP contribution in [0.25, 0.3) is 0 Å². The summed E-state index contributed by atoms with van der Waals surface area (Å²) in [6.07, 6.45) is 0.776. The summed E-state index contributed by atoms with van der Waals surface area (Å²) < 4.78 is 5.47. The second-order valence-electron chi connectivity index (χ2n) is 9.64. The maximum atomic E-state index is 13.0. The average Bonchev–Trinajstić information content (AvgIpc) is 2.69. The van der Waals surface area contributed by atoms with E-state index < -0.39 is 12.1 Å². The lowest BCUT2D eigenvalue weighted by Crippen LogP contribution is -2.55. The lowest BCUT2D eigenvalue weighted by molar-refractivity contribution is -0.142. The number of likely N-dealkylation sites (N-methyl/N-ethyl adjacent to an activating group) is 1. The SMILES string of the molecule is CC(C)C(=O)NCCOCCCC(=O)N(C)[C@H](C(=O)N[C@H](C(=O)C(C)C)C(C)C)C(C)C. The van der Waals surface area contributed by atoms with E-state index in [-0.39, 0.29) is 53.6 Å². The van der Waals surface area contributed by atoms with Crippen molar-refractivity contribution < 1.29 is 23.9 Å². The highest BCUT2D eigenvalue weighted by Crippen LogP contribution is 2.15. The van der Waals surface area contributed by atoms with Crippen LogP contribution in [0.1, 0.15) is 68.2 Å². The van der Waals surface area contributed by atoms with Gasteiger partial charge in [-0.15, -0.1) is 0 Å². The second-order valence-corrected chi connectivity index (χ2v) is 9.64. The van der Waals surface area contributed by atoms with Crippen LogP contribution in [0.3, 0.4) is 0 Å². The van der Waals surface area contributed by atoms with E-state index >= 15 is 0 Å². The number of ether oxygens (including phenoxy) is 1. The van der Waals surface area contributed by atoms with E-state index in [4.69, 9.17) is 4.74 Å². The van der Waals surface area contributed by atoms with Crippen LogP contribution in [0.2, 0.25) is 0 Å². The Balaban J connectivity index is 4.69.